The molecule has 0 spiro atoms. The van der Waals surface area contributed by atoms with Crippen LogP contribution in [0.5, 0.6) is 0 Å². The first-order chi connectivity index (χ1) is 18.7. The van der Waals surface area contributed by atoms with E-state index in [0.717, 1.165) is 37.0 Å². The predicted molar refractivity (Wildman–Crippen MR) is 152 cm³/mol. The van der Waals surface area contributed by atoms with Crippen molar-refractivity contribution in [2.24, 2.45) is 10.4 Å². The molecule has 10 heteroatoms. The number of halogens is 1. The lowest BCUT2D eigenvalue weighted by molar-refractivity contribution is -0.150. The summed E-state index contributed by atoms with van der Waals surface area (Å²) in [6.45, 7) is 7.62. The second-order valence-corrected chi connectivity index (χ2v) is 11.1. The van der Waals surface area contributed by atoms with Crippen LogP contribution in [-0.2, 0) is 14.3 Å². The number of aromatic nitrogens is 2. The van der Waals surface area contributed by atoms with Crippen LogP contribution in [0, 0.1) is 16.7 Å². The van der Waals surface area contributed by atoms with E-state index in [2.05, 4.69) is 21.7 Å². The largest absolute Gasteiger partial charge is 0.465 e. The Labute approximate surface area is 235 Å². The molecule has 2 aromatic rings. The molecule has 2 fully saturated rings. The molecule has 208 valence electrons. The summed E-state index contributed by atoms with van der Waals surface area (Å²) < 4.78 is 10.6. The Kier molecular flexibility index (Phi) is 9.54. The summed E-state index contributed by atoms with van der Waals surface area (Å²) in [5, 5.41) is 17.0. The molecule has 1 saturated carbocycles. The molecule has 0 bridgehead atoms. The van der Waals surface area contributed by atoms with Gasteiger partial charge in [0.25, 0.3) is 0 Å². The Morgan fingerprint density at radius 3 is 2.74 bits per heavy atom. The number of hydrogen-bond donors (Lipinski definition) is 2. The maximum absolute atomic E-state index is 12.2. The van der Waals surface area contributed by atoms with Crippen molar-refractivity contribution in [1.29, 1.82) is 5.26 Å². The molecule has 1 aliphatic heterocycles. The van der Waals surface area contributed by atoms with Crippen molar-refractivity contribution in [3.05, 3.63) is 35.5 Å². The number of carbonyl (C=O) groups excluding carboxylic acids is 1. The Morgan fingerprint density at radius 2 is 2.05 bits per heavy atom. The van der Waals surface area contributed by atoms with Gasteiger partial charge in [0.2, 0.25) is 0 Å². The molecule has 0 atom stereocenters. The summed E-state index contributed by atoms with van der Waals surface area (Å²) in [7, 11) is 0. The lowest BCUT2D eigenvalue weighted by Gasteiger charge is -2.32. The van der Waals surface area contributed by atoms with E-state index in [1.807, 2.05) is 45.0 Å². The highest BCUT2D eigenvalue weighted by atomic mass is 35.5. The van der Waals surface area contributed by atoms with Crippen molar-refractivity contribution >= 4 is 34.9 Å². The van der Waals surface area contributed by atoms with Gasteiger partial charge in [-0.3, -0.25) is 10.1 Å². The molecule has 4 rings (SSSR count). The Bertz CT molecular complexity index is 1230. The summed E-state index contributed by atoms with van der Waals surface area (Å²) >= 11 is 6.52. The summed E-state index contributed by atoms with van der Waals surface area (Å²) in [5.74, 6) is 1.04. The SMILES string of the molecule is CCOC(=O)C(C)(C)NC1CCC(=Nc2cc(-c3cccc(NCC4(C#N)CCOCC4)n3)c(Cl)cn2)CC1. The maximum Gasteiger partial charge on any atom is 0.325 e. The maximum atomic E-state index is 12.2. The van der Waals surface area contributed by atoms with Crippen LogP contribution in [-0.4, -0.2) is 59.6 Å². The first-order valence-corrected chi connectivity index (χ1v) is 14.0. The number of nitrogens with zero attached hydrogens (tertiary/aromatic N) is 4. The zero-order valence-corrected chi connectivity index (χ0v) is 23.7. The molecular formula is C29H37ClN6O3. The molecule has 0 unspecified atom stereocenters. The molecule has 2 aliphatic rings. The Balaban J connectivity index is 1.41. The minimum Gasteiger partial charge on any atom is -0.465 e. The molecule has 39 heavy (non-hydrogen) atoms. The third-order valence-corrected chi connectivity index (χ3v) is 7.65. The molecule has 0 radical (unpaired) electrons. The molecule has 2 N–H and O–H groups in total. The number of carbonyl (C=O) groups is 1. The van der Waals surface area contributed by atoms with Gasteiger partial charge < -0.3 is 14.8 Å². The standard InChI is InChI=1S/C29H37ClN6O3/c1-4-39-27(37)28(2,3)36-21-10-8-20(9-11-21)34-26-16-22(23(30)17-32-26)24-6-5-7-25(35-24)33-19-29(18-31)12-14-38-15-13-29/h5-7,16-17,21,36H,4,8-15,19H2,1-3H3,(H,33,35). The van der Waals surface area contributed by atoms with Gasteiger partial charge >= 0.3 is 5.97 Å². The first-order valence-electron chi connectivity index (χ1n) is 13.6. The molecule has 1 saturated heterocycles. The summed E-state index contributed by atoms with van der Waals surface area (Å²) in [6, 6.07) is 10.3. The minimum atomic E-state index is -0.724. The number of anilines is 1. The van der Waals surface area contributed by atoms with Crippen LogP contribution in [0.3, 0.4) is 0 Å². The molecule has 0 aromatic carbocycles. The molecule has 0 amide bonds. The van der Waals surface area contributed by atoms with Gasteiger partial charge in [0.05, 0.1) is 28.8 Å². The Hall–Kier alpha value is -3.06. The number of nitrogens with one attached hydrogen (secondary N) is 2. The fourth-order valence-corrected chi connectivity index (χ4v) is 5.17. The summed E-state index contributed by atoms with van der Waals surface area (Å²) in [4.78, 5) is 26.2. The monoisotopic (exact) mass is 552 g/mol. The van der Waals surface area contributed by atoms with E-state index in [-0.39, 0.29) is 12.0 Å². The molecule has 1 aliphatic carbocycles. The first kappa shape index (κ1) is 28.9. The number of pyridine rings is 2. The van der Waals surface area contributed by atoms with Gasteiger partial charge in [0.1, 0.15) is 11.4 Å². The van der Waals surface area contributed by atoms with Gasteiger partial charge in [-0.05, 0) is 77.5 Å². The highest BCUT2D eigenvalue weighted by Crippen LogP contribution is 2.32. The van der Waals surface area contributed by atoms with Crippen LogP contribution in [0.25, 0.3) is 11.3 Å². The number of ether oxygens (including phenoxy) is 2. The lowest BCUT2D eigenvalue weighted by Crippen LogP contribution is -2.53. The van der Waals surface area contributed by atoms with Crippen molar-refractivity contribution in [3.63, 3.8) is 0 Å². The normalized spacial score (nSPS) is 19.2. The van der Waals surface area contributed by atoms with Crippen molar-refractivity contribution in [2.75, 3.05) is 31.7 Å². The molecular weight excluding hydrogens is 516 g/mol. The third-order valence-electron chi connectivity index (χ3n) is 7.35. The van der Waals surface area contributed by atoms with Gasteiger partial charge in [-0.1, -0.05) is 17.7 Å². The van der Waals surface area contributed by atoms with Crippen molar-refractivity contribution < 1.29 is 14.3 Å². The van der Waals surface area contributed by atoms with E-state index in [0.29, 0.717) is 61.6 Å². The molecule has 9 nitrogen and oxygen atoms in total. The van der Waals surface area contributed by atoms with Crippen LogP contribution < -0.4 is 10.6 Å². The van der Waals surface area contributed by atoms with Crippen LogP contribution >= 0.6 is 11.6 Å². The lowest BCUT2D eigenvalue weighted by atomic mass is 9.82. The van der Waals surface area contributed by atoms with E-state index >= 15 is 0 Å². The van der Waals surface area contributed by atoms with E-state index in [9.17, 15) is 10.1 Å². The summed E-state index contributed by atoms with van der Waals surface area (Å²) in [6.07, 6.45) is 6.42. The minimum absolute atomic E-state index is 0.220. The number of esters is 1. The van der Waals surface area contributed by atoms with E-state index < -0.39 is 11.0 Å². The second-order valence-electron chi connectivity index (χ2n) is 10.7. The zero-order valence-electron chi connectivity index (χ0n) is 22.9. The number of hydrogen-bond acceptors (Lipinski definition) is 9. The van der Waals surface area contributed by atoms with Crippen molar-refractivity contribution in [2.45, 2.75) is 70.9 Å². The van der Waals surface area contributed by atoms with Gasteiger partial charge in [-0.25, -0.2) is 15.0 Å². The fraction of sp³-hybridized carbons (Fsp3) is 0.552. The average molecular weight is 553 g/mol. The average Bonchev–Trinajstić information content (AvgIpc) is 2.94. The van der Waals surface area contributed by atoms with Crippen LogP contribution in [0.15, 0.2) is 35.5 Å². The van der Waals surface area contributed by atoms with Gasteiger partial charge in [0, 0.05) is 43.3 Å². The molecule has 3 heterocycles. The van der Waals surface area contributed by atoms with E-state index in [1.54, 1.807) is 6.20 Å². The number of rotatable bonds is 9. The second kappa shape index (κ2) is 12.9. The summed E-state index contributed by atoms with van der Waals surface area (Å²) in [5.41, 5.74) is 1.36. The number of nitriles is 1. The number of aliphatic imine (C=N–C) groups is 1. The smallest absolute Gasteiger partial charge is 0.325 e. The highest BCUT2D eigenvalue weighted by molar-refractivity contribution is 6.33. The van der Waals surface area contributed by atoms with Crippen LogP contribution in [0.1, 0.15) is 59.3 Å². The zero-order chi connectivity index (χ0) is 27.9. The van der Waals surface area contributed by atoms with Crippen LogP contribution in [0.4, 0.5) is 11.6 Å². The van der Waals surface area contributed by atoms with Crippen molar-refractivity contribution in [3.8, 4) is 17.3 Å². The van der Waals surface area contributed by atoms with Gasteiger partial charge in [-0.2, -0.15) is 5.26 Å². The van der Waals surface area contributed by atoms with Crippen molar-refractivity contribution in [1.82, 2.24) is 15.3 Å². The quantitative estimate of drug-likeness (QED) is 0.392. The molecule has 2 aromatic heterocycles. The third kappa shape index (κ3) is 7.53. The van der Waals surface area contributed by atoms with Crippen LogP contribution in [0.2, 0.25) is 5.02 Å². The van der Waals surface area contributed by atoms with E-state index in [1.165, 1.54) is 0 Å². The fourth-order valence-electron chi connectivity index (χ4n) is 4.97. The van der Waals surface area contributed by atoms with Gasteiger partial charge in [-0.15, -0.1) is 0 Å². The topological polar surface area (TPSA) is 122 Å². The Morgan fingerprint density at radius 1 is 1.31 bits per heavy atom. The van der Waals surface area contributed by atoms with E-state index in [4.69, 9.17) is 31.1 Å². The predicted octanol–water partition coefficient (Wildman–Crippen LogP) is 5.48. The highest BCUT2D eigenvalue weighted by Gasteiger charge is 2.33. The van der Waals surface area contributed by atoms with Gasteiger partial charge in [0.15, 0.2) is 5.82 Å².